The molecule has 172 valence electrons. The molecule has 0 aromatic rings. The van der Waals surface area contributed by atoms with Crippen LogP contribution < -0.4 is 33.1 Å². The van der Waals surface area contributed by atoms with E-state index >= 15 is 0 Å². The summed E-state index contributed by atoms with van der Waals surface area (Å²) in [5.41, 5.74) is 22.6. The zero-order chi connectivity index (χ0) is 22.3. The fourth-order valence-electron chi connectivity index (χ4n) is 2.38. The van der Waals surface area contributed by atoms with Gasteiger partial charge in [-0.25, -0.2) is 0 Å². The van der Waals surface area contributed by atoms with Crippen molar-refractivity contribution in [2.45, 2.75) is 89.4 Å². The van der Waals surface area contributed by atoms with Crippen molar-refractivity contribution in [3.63, 3.8) is 0 Å². The van der Waals surface area contributed by atoms with Gasteiger partial charge in [0.1, 0.15) is 11.9 Å². The second-order valence-corrected chi connectivity index (χ2v) is 6.91. The molecule has 10 nitrogen and oxygen atoms in total. The monoisotopic (exact) mass is 597 g/mol. The van der Waals surface area contributed by atoms with Gasteiger partial charge in [0.2, 0.25) is 0 Å². The molecular formula is C18H34N4O6Pt. The minimum atomic E-state index is -1.63. The van der Waals surface area contributed by atoms with Crippen molar-refractivity contribution in [1.29, 1.82) is 0 Å². The van der Waals surface area contributed by atoms with Gasteiger partial charge in [-0.1, -0.05) is 25.7 Å². The largest absolute Gasteiger partial charge is 2.00 e. The van der Waals surface area contributed by atoms with Crippen molar-refractivity contribution >= 4 is 23.5 Å². The summed E-state index contributed by atoms with van der Waals surface area (Å²) in [5, 5.41) is 18.5. The molecule has 2 rings (SSSR count). The normalized spacial score (nSPS) is 25.0. The molecule has 0 spiro atoms. The molecule has 2 unspecified atom stereocenters. The zero-order valence-electron chi connectivity index (χ0n) is 17.0. The van der Waals surface area contributed by atoms with Gasteiger partial charge in [-0.05, 0) is 25.7 Å². The van der Waals surface area contributed by atoms with Crippen LogP contribution in [-0.2, 0) is 40.2 Å². The Labute approximate surface area is 186 Å². The fraction of sp³-hybridized carbons (Fsp3) is 0.778. The molecule has 0 aliphatic heterocycles. The Morgan fingerprint density at radius 3 is 0.793 bits per heavy atom. The zero-order valence-corrected chi connectivity index (χ0v) is 19.3. The van der Waals surface area contributed by atoms with Gasteiger partial charge in [0, 0.05) is 38.0 Å². The van der Waals surface area contributed by atoms with Gasteiger partial charge in [0.05, 0.1) is 0 Å². The van der Waals surface area contributed by atoms with E-state index in [1.54, 1.807) is 0 Å². The summed E-state index contributed by atoms with van der Waals surface area (Å²) in [6.07, 6.45) is 9.60. The summed E-state index contributed by atoms with van der Waals surface area (Å²) >= 11 is 0. The Morgan fingerprint density at radius 2 is 0.724 bits per heavy atom. The summed E-state index contributed by atoms with van der Waals surface area (Å²) in [6, 6.07) is 1.12. The van der Waals surface area contributed by atoms with Gasteiger partial charge < -0.3 is 42.7 Å². The van der Waals surface area contributed by atoms with Crippen molar-refractivity contribution in [3.05, 3.63) is 0 Å². The number of ketones is 2. The van der Waals surface area contributed by atoms with Gasteiger partial charge in [-0.15, -0.1) is 0 Å². The van der Waals surface area contributed by atoms with Crippen LogP contribution in [0.25, 0.3) is 0 Å². The Bertz CT molecular complexity index is 419. The topological polar surface area (TPSA) is 218 Å². The molecule has 29 heavy (non-hydrogen) atoms. The molecule has 2 aliphatic rings. The Kier molecular flexibility index (Phi) is 21.1. The molecule has 4 atom stereocenters. The predicted octanol–water partition coefficient (Wildman–Crippen LogP) is -2.92. The predicted molar refractivity (Wildman–Crippen MR) is 100 cm³/mol. The summed E-state index contributed by atoms with van der Waals surface area (Å²) in [4.78, 5) is 37.4. The molecule has 0 bridgehead atoms. The molecule has 8 N–H and O–H groups in total. The van der Waals surface area contributed by atoms with Crippen molar-refractivity contribution < 1.29 is 50.5 Å². The third-order valence-corrected chi connectivity index (χ3v) is 4.32. The standard InChI is InChI=1S/2C6H14N2.2C3H4O3.Pt/c2*7-5-3-1-2-4-6(5)8;2*1-2(4)3(5)6;/h2*5-6H,1-4,7-8H2;2*1H3,(H,5,6);/q;;;;+2/p-2/t5-,6+;;;;. The molecule has 0 aromatic heterocycles. The maximum absolute atomic E-state index is 9.48. The number of carbonyl (C=O) groups is 4. The molecule has 0 amide bonds. The number of carbonyl (C=O) groups excluding carboxylic acids is 4. The number of carboxylic acid groups (broad SMARTS) is 2. The molecule has 2 aliphatic carbocycles. The summed E-state index contributed by atoms with van der Waals surface area (Å²) < 4.78 is 0. The smallest absolute Gasteiger partial charge is 0.542 e. The first-order valence-electron chi connectivity index (χ1n) is 9.36. The first-order chi connectivity index (χ1) is 12.9. The maximum atomic E-state index is 9.48. The number of carboxylic acids is 2. The first-order valence-corrected chi connectivity index (χ1v) is 9.36. The van der Waals surface area contributed by atoms with Crippen LogP contribution in [0.15, 0.2) is 0 Å². The Hall–Kier alpha value is -1.19. The Balaban J connectivity index is -0.000000311. The molecule has 0 radical (unpaired) electrons. The second-order valence-electron chi connectivity index (χ2n) is 6.91. The quantitative estimate of drug-likeness (QED) is 0.238. The van der Waals surface area contributed by atoms with Gasteiger partial charge in [0.25, 0.3) is 0 Å². The van der Waals surface area contributed by atoms with Crippen LogP contribution in [0.5, 0.6) is 0 Å². The molecular weight excluding hydrogens is 563 g/mol. The van der Waals surface area contributed by atoms with Gasteiger partial charge in [0.15, 0.2) is 11.6 Å². The van der Waals surface area contributed by atoms with E-state index in [0.717, 1.165) is 39.5 Å². The third kappa shape index (κ3) is 19.9. The van der Waals surface area contributed by atoms with E-state index in [1.807, 2.05) is 0 Å². The van der Waals surface area contributed by atoms with Gasteiger partial charge >= 0.3 is 21.1 Å². The minimum absolute atomic E-state index is 0. The molecule has 2 saturated carbocycles. The number of aliphatic carboxylic acids is 2. The summed E-state index contributed by atoms with van der Waals surface area (Å²) in [5.74, 6) is -5.13. The van der Waals surface area contributed by atoms with E-state index in [9.17, 15) is 29.4 Å². The number of hydrogen-bond acceptors (Lipinski definition) is 10. The maximum Gasteiger partial charge on any atom is 2.00 e. The van der Waals surface area contributed by atoms with E-state index in [1.165, 1.54) is 25.7 Å². The SMILES string of the molecule is CC(=O)C(=O)[O-].CC(=O)C(=O)[O-].NC1CCCCC1N.N[C@@H]1CCCC[C@@H]1N.[Pt+2]. The van der Waals surface area contributed by atoms with Crippen LogP contribution in [0.3, 0.4) is 0 Å². The van der Waals surface area contributed by atoms with Gasteiger partial charge in [-0.2, -0.15) is 0 Å². The second kappa shape index (κ2) is 18.8. The van der Waals surface area contributed by atoms with Crippen LogP contribution in [0, 0.1) is 0 Å². The van der Waals surface area contributed by atoms with Crippen LogP contribution in [0.4, 0.5) is 0 Å². The van der Waals surface area contributed by atoms with Crippen molar-refractivity contribution in [2.24, 2.45) is 22.9 Å². The van der Waals surface area contributed by atoms with Crippen LogP contribution in [0.1, 0.15) is 65.2 Å². The van der Waals surface area contributed by atoms with E-state index in [0.29, 0.717) is 0 Å². The van der Waals surface area contributed by atoms with Crippen molar-refractivity contribution in [3.8, 4) is 0 Å². The summed E-state index contributed by atoms with van der Waals surface area (Å²) in [6.45, 7) is 1.88. The van der Waals surface area contributed by atoms with Gasteiger partial charge in [-0.3, -0.25) is 9.59 Å². The van der Waals surface area contributed by atoms with E-state index < -0.39 is 23.5 Å². The van der Waals surface area contributed by atoms with Crippen molar-refractivity contribution in [2.75, 3.05) is 0 Å². The molecule has 0 saturated heterocycles. The van der Waals surface area contributed by atoms with Crippen LogP contribution >= 0.6 is 0 Å². The first kappa shape index (κ1) is 32.5. The number of rotatable bonds is 2. The average molecular weight is 598 g/mol. The number of nitrogens with two attached hydrogens (primary N) is 4. The number of Topliss-reactive ketones (excluding diaryl/α,β-unsaturated/α-hetero) is 2. The molecule has 2 fully saturated rings. The number of hydrogen-bond donors (Lipinski definition) is 4. The van der Waals surface area contributed by atoms with E-state index in [-0.39, 0.29) is 45.2 Å². The van der Waals surface area contributed by atoms with E-state index in [2.05, 4.69) is 0 Å². The van der Waals surface area contributed by atoms with Crippen molar-refractivity contribution in [1.82, 2.24) is 0 Å². The molecule has 0 aromatic carbocycles. The third-order valence-electron chi connectivity index (χ3n) is 4.32. The van der Waals surface area contributed by atoms with Crippen LogP contribution in [-0.4, -0.2) is 47.7 Å². The minimum Gasteiger partial charge on any atom is -0.542 e. The molecule has 11 heteroatoms. The fourth-order valence-corrected chi connectivity index (χ4v) is 2.38. The van der Waals surface area contributed by atoms with Crippen LogP contribution in [0.2, 0.25) is 0 Å². The average Bonchev–Trinajstić information content (AvgIpc) is 2.61. The Morgan fingerprint density at radius 1 is 0.586 bits per heavy atom. The molecule has 0 heterocycles. The van der Waals surface area contributed by atoms with E-state index in [4.69, 9.17) is 22.9 Å². The summed E-state index contributed by atoms with van der Waals surface area (Å²) in [7, 11) is 0.